The van der Waals surface area contributed by atoms with Crippen LogP contribution in [0.5, 0.6) is 5.75 Å². The summed E-state index contributed by atoms with van der Waals surface area (Å²) in [6.45, 7) is 1.86. The van der Waals surface area contributed by atoms with Gasteiger partial charge in [0.15, 0.2) is 11.5 Å². The van der Waals surface area contributed by atoms with Crippen LogP contribution in [0.2, 0.25) is 0 Å². The molecule has 2 fully saturated rings. The molecule has 0 aliphatic heterocycles. The molecule has 3 N–H and O–H groups in total. The summed E-state index contributed by atoms with van der Waals surface area (Å²) in [5.41, 5.74) is 6.57. The van der Waals surface area contributed by atoms with E-state index in [1.54, 1.807) is 7.11 Å². The van der Waals surface area contributed by atoms with Crippen LogP contribution in [-0.4, -0.2) is 18.9 Å². The van der Waals surface area contributed by atoms with E-state index in [-0.39, 0.29) is 5.78 Å². The highest BCUT2D eigenvalue weighted by Gasteiger charge is 2.42. The molecule has 0 saturated heterocycles. The minimum atomic E-state index is 0.0910. The first-order valence-corrected chi connectivity index (χ1v) is 8.23. The van der Waals surface area contributed by atoms with Gasteiger partial charge in [-0.25, -0.2) is 0 Å². The third-order valence-corrected chi connectivity index (χ3v) is 5.39. The van der Waals surface area contributed by atoms with Crippen molar-refractivity contribution >= 4 is 27.8 Å². The average molecular weight is 294 g/mol. The highest BCUT2D eigenvalue weighted by Crippen LogP contribution is 2.49. The lowest BCUT2D eigenvalue weighted by Crippen LogP contribution is -2.23. The zero-order chi connectivity index (χ0) is 14.3. The van der Waals surface area contributed by atoms with Gasteiger partial charge in [0.05, 0.1) is 17.7 Å². The molecule has 1 aromatic heterocycles. The minimum Gasteiger partial charge on any atom is -0.492 e. The first kappa shape index (κ1) is 13.7. The van der Waals surface area contributed by atoms with Crippen molar-refractivity contribution < 1.29 is 9.53 Å². The van der Waals surface area contributed by atoms with Gasteiger partial charge in [-0.05, 0) is 37.5 Å². The summed E-state index contributed by atoms with van der Waals surface area (Å²) in [6.07, 6.45) is 5.74. The number of ether oxygens (including phenoxy) is 1. The third kappa shape index (κ3) is 2.51. The van der Waals surface area contributed by atoms with Gasteiger partial charge in [0, 0.05) is 12.5 Å². The maximum Gasteiger partial charge on any atom is 0.176 e. The molecule has 1 aromatic rings. The van der Waals surface area contributed by atoms with Gasteiger partial charge in [0.2, 0.25) is 0 Å². The van der Waals surface area contributed by atoms with Crippen LogP contribution in [-0.2, 0) is 0 Å². The standard InChI is InChI=1S/C15H22N2O2S/c1-3-10(18)14-11(16)13(19-2)15(20-14)17-12(8-4-5-8)9-6-7-9/h8-9,12,17H,3-7,16H2,1-2H3. The second-order valence-corrected chi connectivity index (χ2v) is 6.85. The fourth-order valence-electron chi connectivity index (χ4n) is 2.78. The van der Waals surface area contributed by atoms with Crippen LogP contribution in [0, 0.1) is 11.8 Å². The highest BCUT2D eigenvalue weighted by atomic mass is 32.1. The van der Waals surface area contributed by atoms with Crippen molar-refractivity contribution in [2.45, 2.75) is 45.1 Å². The molecule has 0 bridgehead atoms. The Morgan fingerprint density at radius 3 is 2.45 bits per heavy atom. The van der Waals surface area contributed by atoms with Gasteiger partial charge in [-0.1, -0.05) is 6.92 Å². The zero-order valence-corrected chi connectivity index (χ0v) is 12.9. The number of nitrogen functional groups attached to an aromatic ring is 1. The number of carbonyl (C=O) groups is 1. The van der Waals surface area contributed by atoms with E-state index >= 15 is 0 Å². The van der Waals surface area contributed by atoms with Crippen LogP contribution in [0.15, 0.2) is 0 Å². The number of ketones is 1. The number of carbonyl (C=O) groups excluding carboxylic acids is 1. The largest absolute Gasteiger partial charge is 0.492 e. The fraction of sp³-hybridized carbons (Fsp3) is 0.667. The van der Waals surface area contributed by atoms with Crippen LogP contribution < -0.4 is 15.8 Å². The number of thiophene rings is 1. The number of nitrogens with two attached hydrogens (primary N) is 1. The van der Waals surface area contributed by atoms with E-state index in [1.165, 1.54) is 37.0 Å². The number of hydrogen-bond donors (Lipinski definition) is 2. The van der Waals surface area contributed by atoms with E-state index in [1.807, 2.05) is 6.92 Å². The molecule has 2 aliphatic carbocycles. The number of rotatable bonds is 7. The molecule has 0 spiro atoms. The molecular formula is C15H22N2O2S. The fourth-order valence-corrected chi connectivity index (χ4v) is 3.92. The topological polar surface area (TPSA) is 64.3 Å². The average Bonchev–Trinajstić information content (AvgIpc) is 3.34. The normalized spacial score (nSPS) is 18.4. The van der Waals surface area contributed by atoms with Crippen LogP contribution in [0.4, 0.5) is 10.7 Å². The summed E-state index contributed by atoms with van der Waals surface area (Å²) in [7, 11) is 1.62. The molecule has 1 heterocycles. The lowest BCUT2D eigenvalue weighted by molar-refractivity contribution is 0.0992. The lowest BCUT2D eigenvalue weighted by Gasteiger charge is -2.18. The Morgan fingerprint density at radius 2 is 2.00 bits per heavy atom. The van der Waals surface area contributed by atoms with Crippen molar-refractivity contribution in [1.29, 1.82) is 0 Å². The van der Waals surface area contributed by atoms with Crippen molar-refractivity contribution in [2.24, 2.45) is 11.8 Å². The van der Waals surface area contributed by atoms with Crippen molar-refractivity contribution in [3.05, 3.63) is 4.88 Å². The molecule has 2 saturated carbocycles. The summed E-state index contributed by atoms with van der Waals surface area (Å²) in [5, 5.41) is 4.56. The van der Waals surface area contributed by atoms with Crippen molar-refractivity contribution in [2.75, 3.05) is 18.2 Å². The molecule has 20 heavy (non-hydrogen) atoms. The van der Waals surface area contributed by atoms with E-state index in [9.17, 15) is 4.79 Å². The molecular weight excluding hydrogens is 272 g/mol. The Kier molecular flexibility index (Phi) is 3.63. The SMILES string of the molecule is CCC(=O)c1sc(NC(C2CC2)C2CC2)c(OC)c1N. The lowest BCUT2D eigenvalue weighted by atomic mass is 10.1. The van der Waals surface area contributed by atoms with Gasteiger partial charge in [-0.3, -0.25) is 4.79 Å². The molecule has 0 aromatic carbocycles. The maximum absolute atomic E-state index is 11.9. The van der Waals surface area contributed by atoms with Gasteiger partial charge < -0.3 is 15.8 Å². The molecule has 110 valence electrons. The molecule has 2 aliphatic rings. The van der Waals surface area contributed by atoms with Crippen LogP contribution in [0.25, 0.3) is 0 Å². The zero-order valence-electron chi connectivity index (χ0n) is 12.1. The quantitative estimate of drug-likeness (QED) is 0.755. The molecule has 0 atom stereocenters. The Bertz CT molecular complexity index is 506. The van der Waals surface area contributed by atoms with Crippen LogP contribution in [0.3, 0.4) is 0 Å². The maximum atomic E-state index is 11.9. The molecule has 0 amide bonds. The monoisotopic (exact) mass is 294 g/mol. The second-order valence-electron chi connectivity index (χ2n) is 5.83. The molecule has 0 unspecified atom stereocenters. The first-order chi connectivity index (χ1) is 9.65. The first-order valence-electron chi connectivity index (χ1n) is 7.41. The van der Waals surface area contributed by atoms with E-state index < -0.39 is 0 Å². The van der Waals surface area contributed by atoms with Gasteiger partial charge in [-0.2, -0.15) is 0 Å². The van der Waals surface area contributed by atoms with Crippen molar-refractivity contribution in [1.82, 2.24) is 0 Å². The predicted octanol–water partition coefficient (Wildman–Crippen LogP) is 3.53. The second kappa shape index (κ2) is 5.28. The van der Waals surface area contributed by atoms with E-state index in [0.29, 0.717) is 28.8 Å². The summed E-state index contributed by atoms with van der Waals surface area (Å²) in [6, 6.07) is 0.534. The summed E-state index contributed by atoms with van der Waals surface area (Å²) in [4.78, 5) is 12.6. The van der Waals surface area contributed by atoms with E-state index in [4.69, 9.17) is 10.5 Å². The van der Waals surface area contributed by atoms with Gasteiger partial charge in [-0.15, -0.1) is 11.3 Å². The Hall–Kier alpha value is -1.23. The smallest absolute Gasteiger partial charge is 0.176 e. The van der Waals surface area contributed by atoms with Gasteiger partial charge in [0.1, 0.15) is 5.00 Å². The predicted molar refractivity (Wildman–Crippen MR) is 82.8 cm³/mol. The Morgan fingerprint density at radius 1 is 1.40 bits per heavy atom. The summed E-state index contributed by atoms with van der Waals surface area (Å²) in [5.74, 6) is 2.33. The number of Topliss-reactive ketones (excluding diaryl/α,β-unsaturated/α-hetero) is 1. The van der Waals surface area contributed by atoms with Crippen LogP contribution >= 0.6 is 11.3 Å². The number of hydrogen-bond acceptors (Lipinski definition) is 5. The van der Waals surface area contributed by atoms with E-state index in [2.05, 4.69) is 5.32 Å². The highest BCUT2D eigenvalue weighted by molar-refractivity contribution is 7.19. The summed E-state index contributed by atoms with van der Waals surface area (Å²) >= 11 is 1.45. The van der Waals surface area contributed by atoms with Crippen molar-refractivity contribution in [3.63, 3.8) is 0 Å². The molecule has 3 rings (SSSR count). The summed E-state index contributed by atoms with van der Waals surface area (Å²) < 4.78 is 5.42. The third-order valence-electron chi connectivity index (χ3n) is 4.24. The van der Waals surface area contributed by atoms with Gasteiger partial charge in [0.25, 0.3) is 0 Å². The molecule has 4 nitrogen and oxygen atoms in total. The van der Waals surface area contributed by atoms with E-state index in [0.717, 1.165) is 16.8 Å². The van der Waals surface area contributed by atoms with Gasteiger partial charge >= 0.3 is 0 Å². The van der Waals surface area contributed by atoms with Crippen LogP contribution in [0.1, 0.15) is 48.7 Å². The minimum absolute atomic E-state index is 0.0910. The van der Waals surface area contributed by atoms with Crippen molar-refractivity contribution in [3.8, 4) is 5.75 Å². The number of methoxy groups -OCH3 is 1. The Labute approximate surface area is 123 Å². The molecule has 5 heteroatoms. The number of nitrogens with one attached hydrogen (secondary N) is 1. The molecule has 0 radical (unpaired) electrons. The number of anilines is 2. The Balaban J connectivity index is 1.85.